The lowest BCUT2D eigenvalue weighted by Crippen LogP contribution is -2.24. The van der Waals surface area contributed by atoms with Gasteiger partial charge in [-0.3, -0.25) is 0 Å². The first-order chi connectivity index (χ1) is 10.6. The lowest BCUT2D eigenvalue weighted by atomic mass is 9.81. The van der Waals surface area contributed by atoms with Crippen LogP contribution in [0.15, 0.2) is 36.4 Å². The van der Waals surface area contributed by atoms with Crippen molar-refractivity contribution < 1.29 is 9.53 Å². The van der Waals surface area contributed by atoms with Gasteiger partial charge >= 0.3 is 5.97 Å². The predicted molar refractivity (Wildman–Crippen MR) is 89.7 cm³/mol. The maximum absolute atomic E-state index is 11.5. The molecule has 1 saturated carbocycles. The van der Waals surface area contributed by atoms with Crippen molar-refractivity contribution in [3.8, 4) is 0 Å². The number of hydrogen-bond acceptors (Lipinski definition) is 3. The minimum Gasteiger partial charge on any atom is -0.459 e. The van der Waals surface area contributed by atoms with Gasteiger partial charge in [-0.25, -0.2) is 4.79 Å². The van der Waals surface area contributed by atoms with Crippen molar-refractivity contribution in [1.82, 2.24) is 4.90 Å². The molecule has 0 atom stereocenters. The van der Waals surface area contributed by atoms with Crippen LogP contribution in [0.25, 0.3) is 0 Å². The van der Waals surface area contributed by atoms with Gasteiger partial charge in [-0.2, -0.15) is 0 Å². The lowest BCUT2D eigenvalue weighted by Gasteiger charge is -2.30. The molecule has 0 aromatic heterocycles. The fraction of sp³-hybridized carbons (Fsp3) is 0.526. The Morgan fingerprint density at radius 2 is 1.91 bits per heavy atom. The Balaban J connectivity index is 1.96. The predicted octanol–water partition coefficient (Wildman–Crippen LogP) is 3.89. The fourth-order valence-corrected chi connectivity index (χ4v) is 3.25. The van der Waals surface area contributed by atoms with Gasteiger partial charge in [0.25, 0.3) is 0 Å². The van der Waals surface area contributed by atoms with Crippen LogP contribution in [0.5, 0.6) is 0 Å². The third-order valence-corrected chi connectivity index (χ3v) is 4.24. The number of carbonyl (C=O) groups is 1. The van der Waals surface area contributed by atoms with Crippen LogP contribution >= 0.6 is 0 Å². The van der Waals surface area contributed by atoms with Crippen molar-refractivity contribution in [1.29, 1.82) is 0 Å². The summed E-state index contributed by atoms with van der Waals surface area (Å²) in [4.78, 5) is 13.7. The number of nitrogens with zero attached hydrogens (tertiary/aromatic N) is 1. The topological polar surface area (TPSA) is 29.5 Å². The molecule has 1 aliphatic carbocycles. The maximum atomic E-state index is 11.5. The van der Waals surface area contributed by atoms with Gasteiger partial charge in [0.1, 0.15) is 6.10 Å². The zero-order chi connectivity index (χ0) is 15.9. The van der Waals surface area contributed by atoms with Crippen LogP contribution in [-0.2, 0) is 16.1 Å². The summed E-state index contributed by atoms with van der Waals surface area (Å²) < 4.78 is 5.48. The second kappa shape index (κ2) is 8.14. The van der Waals surface area contributed by atoms with Gasteiger partial charge in [-0.15, -0.1) is 0 Å². The molecule has 120 valence electrons. The van der Waals surface area contributed by atoms with E-state index in [1.807, 2.05) is 6.92 Å². The number of esters is 1. The van der Waals surface area contributed by atoms with Crippen LogP contribution in [-0.4, -0.2) is 31.1 Å². The fourth-order valence-electron chi connectivity index (χ4n) is 3.25. The zero-order valence-corrected chi connectivity index (χ0v) is 13.9. The molecule has 1 fully saturated rings. The van der Waals surface area contributed by atoms with Crippen molar-refractivity contribution in [3.05, 3.63) is 47.5 Å². The number of rotatable bonds is 5. The van der Waals surface area contributed by atoms with E-state index in [1.165, 1.54) is 17.2 Å². The Hall–Kier alpha value is -1.61. The molecule has 1 aromatic carbocycles. The van der Waals surface area contributed by atoms with E-state index in [4.69, 9.17) is 4.74 Å². The van der Waals surface area contributed by atoms with E-state index in [-0.39, 0.29) is 12.1 Å². The molecule has 0 heterocycles. The van der Waals surface area contributed by atoms with E-state index in [9.17, 15) is 4.79 Å². The summed E-state index contributed by atoms with van der Waals surface area (Å²) in [5.41, 5.74) is 2.89. The largest absolute Gasteiger partial charge is 0.459 e. The average Bonchev–Trinajstić information content (AvgIpc) is 2.48. The highest BCUT2D eigenvalue weighted by Crippen LogP contribution is 2.35. The van der Waals surface area contributed by atoms with Gasteiger partial charge in [0, 0.05) is 12.6 Å². The highest BCUT2D eigenvalue weighted by molar-refractivity contribution is 5.81. The molecule has 0 bridgehead atoms. The van der Waals surface area contributed by atoms with Crippen LogP contribution in [0.2, 0.25) is 0 Å². The van der Waals surface area contributed by atoms with E-state index in [0.29, 0.717) is 5.92 Å². The molecule has 3 heteroatoms. The Bertz CT molecular complexity index is 514. The van der Waals surface area contributed by atoms with E-state index in [1.54, 1.807) is 6.08 Å². The second-order valence-corrected chi connectivity index (χ2v) is 6.35. The normalized spacial score (nSPS) is 22.2. The van der Waals surface area contributed by atoms with E-state index in [2.05, 4.69) is 43.3 Å². The molecular formula is C19H27NO2. The number of allylic oxidation sites excluding steroid dienone is 1. The SMILES string of the molecule is CC=CC(=O)O[C@H]1CC[C@H](c2ccccc2CN(C)C)CC1. The third-order valence-electron chi connectivity index (χ3n) is 4.24. The molecule has 22 heavy (non-hydrogen) atoms. The van der Waals surface area contributed by atoms with Gasteiger partial charge in [0.2, 0.25) is 0 Å². The third kappa shape index (κ3) is 4.70. The number of hydrogen-bond donors (Lipinski definition) is 0. The molecule has 0 amide bonds. The molecule has 0 spiro atoms. The minimum atomic E-state index is -0.209. The number of carbonyl (C=O) groups excluding carboxylic acids is 1. The maximum Gasteiger partial charge on any atom is 0.330 e. The molecule has 2 rings (SSSR count). The molecule has 0 aliphatic heterocycles. The molecule has 0 saturated heterocycles. The minimum absolute atomic E-state index is 0.0842. The van der Waals surface area contributed by atoms with Crippen LogP contribution in [0.1, 0.15) is 49.7 Å². The van der Waals surface area contributed by atoms with Crippen molar-refractivity contribution >= 4 is 5.97 Å². The molecule has 0 radical (unpaired) electrons. The summed E-state index contributed by atoms with van der Waals surface area (Å²) in [5.74, 6) is 0.381. The standard InChI is InChI=1S/C19H27NO2/c1-4-7-19(21)22-17-12-10-15(11-13-17)18-9-6-5-8-16(18)14-20(2)3/h4-9,15,17H,10-14H2,1-3H3/t15-,17-. The first-order valence-electron chi connectivity index (χ1n) is 8.16. The first kappa shape index (κ1) is 16.8. The van der Waals surface area contributed by atoms with Crippen LogP contribution in [0.3, 0.4) is 0 Å². The van der Waals surface area contributed by atoms with Gasteiger partial charge in [0.05, 0.1) is 0 Å². The van der Waals surface area contributed by atoms with Crippen molar-refractivity contribution in [2.75, 3.05) is 14.1 Å². The summed E-state index contributed by atoms with van der Waals surface area (Å²) in [7, 11) is 4.21. The highest BCUT2D eigenvalue weighted by atomic mass is 16.5. The average molecular weight is 301 g/mol. The Morgan fingerprint density at radius 3 is 2.55 bits per heavy atom. The summed E-state index contributed by atoms with van der Waals surface area (Å²) in [6.45, 7) is 2.81. The van der Waals surface area contributed by atoms with E-state index < -0.39 is 0 Å². The quantitative estimate of drug-likeness (QED) is 0.610. The van der Waals surface area contributed by atoms with Crippen LogP contribution in [0, 0.1) is 0 Å². The molecular weight excluding hydrogens is 274 g/mol. The van der Waals surface area contributed by atoms with Crippen molar-refractivity contribution in [2.24, 2.45) is 0 Å². The lowest BCUT2D eigenvalue weighted by molar-refractivity contribution is -0.144. The van der Waals surface area contributed by atoms with Crippen molar-refractivity contribution in [2.45, 2.75) is 51.2 Å². The Labute approximate surface area is 134 Å². The Kier molecular flexibility index (Phi) is 6.20. The summed E-state index contributed by atoms with van der Waals surface area (Å²) in [6, 6.07) is 8.74. The molecule has 0 unspecified atom stereocenters. The van der Waals surface area contributed by atoms with E-state index in [0.717, 1.165) is 32.2 Å². The van der Waals surface area contributed by atoms with Gasteiger partial charge in [0.15, 0.2) is 0 Å². The highest BCUT2D eigenvalue weighted by Gasteiger charge is 2.25. The molecule has 1 aromatic rings. The summed E-state index contributed by atoms with van der Waals surface area (Å²) in [6.07, 6.45) is 7.43. The monoisotopic (exact) mass is 301 g/mol. The number of ether oxygens (including phenoxy) is 1. The van der Waals surface area contributed by atoms with E-state index >= 15 is 0 Å². The molecule has 1 aliphatic rings. The summed E-state index contributed by atoms with van der Waals surface area (Å²) in [5, 5.41) is 0. The van der Waals surface area contributed by atoms with Crippen LogP contribution in [0.4, 0.5) is 0 Å². The van der Waals surface area contributed by atoms with Gasteiger partial charge in [-0.05, 0) is 63.7 Å². The summed E-state index contributed by atoms with van der Waals surface area (Å²) >= 11 is 0. The first-order valence-corrected chi connectivity index (χ1v) is 8.16. The molecule has 3 nitrogen and oxygen atoms in total. The smallest absolute Gasteiger partial charge is 0.330 e. The van der Waals surface area contributed by atoms with Crippen LogP contribution < -0.4 is 0 Å². The number of benzene rings is 1. The second-order valence-electron chi connectivity index (χ2n) is 6.35. The zero-order valence-electron chi connectivity index (χ0n) is 13.9. The Morgan fingerprint density at radius 1 is 1.23 bits per heavy atom. The molecule has 0 N–H and O–H groups in total. The van der Waals surface area contributed by atoms with Gasteiger partial charge in [-0.1, -0.05) is 30.3 Å². The van der Waals surface area contributed by atoms with Gasteiger partial charge < -0.3 is 9.64 Å². The van der Waals surface area contributed by atoms with Crippen molar-refractivity contribution in [3.63, 3.8) is 0 Å².